The van der Waals surface area contributed by atoms with E-state index >= 15 is 0 Å². The summed E-state index contributed by atoms with van der Waals surface area (Å²) in [6.07, 6.45) is 6.76. The minimum Gasteiger partial charge on any atom is -0.341 e. The summed E-state index contributed by atoms with van der Waals surface area (Å²) in [5.74, 6) is 1.52. The Morgan fingerprint density at radius 2 is 1.71 bits per heavy atom. The van der Waals surface area contributed by atoms with Crippen LogP contribution in [0, 0.1) is 18.8 Å². The minimum atomic E-state index is 0.0162. The highest BCUT2D eigenvalue weighted by Crippen LogP contribution is 2.20. The Labute approximate surface area is 207 Å². The Morgan fingerprint density at radius 1 is 0.971 bits per heavy atom. The number of carbonyl (C=O) groups excluding carboxylic acids is 2. The Kier molecular flexibility index (Phi) is 7.95. The summed E-state index contributed by atoms with van der Waals surface area (Å²) in [6.45, 7) is 9.01. The van der Waals surface area contributed by atoms with Crippen molar-refractivity contribution in [1.82, 2.24) is 24.3 Å². The fourth-order valence-electron chi connectivity index (χ4n) is 4.73. The van der Waals surface area contributed by atoms with Gasteiger partial charge in [-0.15, -0.1) is 0 Å². The van der Waals surface area contributed by atoms with Crippen LogP contribution in [0.5, 0.6) is 0 Å². The standard InChI is InChI=1S/C28H35N5O2/c1-21(2)16-27(34)32-14-15-33(19-23(18-32)17-25-9-6-7-11-30-25)28(35)26-10-5-4-8-24(26)20-31-13-12-29-22(31)3/h4-13,21,23H,14-20H2,1-3H3/t23-/m1/s1. The van der Waals surface area contributed by atoms with Crippen LogP contribution in [-0.2, 0) is 17.8 Å². The molecule has 1 saturated heterocycles. The van der Waals surface area contributed by atoms with Crippen LogP contribution in [0.25, 0.3) is 0 Å². The van der Waals surface area contributed by atoms with Gasteiger partial charge in [0.2, 0.25) is 5.91 Å². The predicted molar refractivity (Wildman–Crippen MR) is 136 cm³/mol. The first-order valence-corrected chi connectivity index (χ1v) is 12.4. The average molecular weight is 474 g/mol. The third-order valence-electron chi connectivity index (χ3n) is 6.56. The molecular weight excluding hydrogens is 438 g/mol. The van der Waals surface area contributed by atoms with Crippen molar-refractivity contribution in [2.45, 2.75) is 40.2 Å². The number of rotatable bonds is 7. The lowest BCUT2D eigenvalue weighted by Crippen LogP contribution is -2.38. The third-order valence-corrected chi connectivity index (χ3v) is 6.56. The zero-order chi connectivity index (χ0) is 24.8. The van der Waals surface area contributed by atoms with Crippen LogP contribution >= 0.6 is 0 Å². The van der Waals surface area contributed by atoms with Gasteiger partial charge in [0.15, 0.2) is 0 Å². The maximum Gasteiger partial charge on any atom is 0.254 e. The Bertz CT molecular complexity index is 1140. The van der Waals surface area contributed by atoms with Crippen LogP contribution in [0.1, 0.15) is 47.7 Å². The number of aromatic nitrogens is 3. The quantitative estimate of drug-likeness (QED) is 0.523. The lowest BCUT2D eigenvalue weighted by molar-refractivity contribution is -0.132. The molecule has 2 aromatic heterocycles. The van der Waals surface area contributed by atoms with Gasteiger partial charge in [-0.2, -0.15) is 0 Å². The number of hydrogen-bond donors (Lipinski definition) is 0. The van der Waals surface area contributed by atoms with Crippen molar-refractivity contribution in [1.29, 1.82) is 0 Å². The molecular formula is C28H35N5O2. The van der Waals surface area contributed by atoms with E-state index in [2.05, 4.69) is 23.8 Å². The maximum atomic E-state index is 13.8. The first-order valence-electron chi connectivity index (χ1n) is 12.4. The molecule has 1 aromatic carbocycles. The SMILES string of the molecule is Cc1nccn1Cc1ccccc1C(=O)N1CCN(C(=O)CC(C)C)C[C@@H](Cc2ccccn2)C1. The van der Waals surface area contributed by atoms with Gasteiger partial charge in [0, 0.05) is 69.0 Å². The van der Waals surface area contributed by atoms with Gasteiger partial charge in [-0.05, 0) is 48.9 Å². The van der Waals surface area contributed by atoms with E-state index in [1.165, 1.54) is 0 Å². The van der Waals surface area contributed by atoms with Gasteiger partial charge in [0.05, 0.1) is 0 Å². The summed E-state index contributed by atoms with van der Waals surface area (Å²) in [5.41, 5.74) is 2.66. The summed E-state index contributed by atoms with van der Waals surface area (Å²) in [5, 5.41) is 0. The predicted octanol–water partition coefficient (Wildman–Crippen LogP) is 3.82. The van der Waals surface area contributed by atoms with E-state index < -0.39 is 0 Å². The van der Waals surface area contributed by atoms with Crippen molar-refractivity contribution >= 4 is 11.8 Å². The van der Waals surface area contributed by atoms with Crippen LogP contribution in [0.2, 0.25) is 0 Å². The zero-order valence-electron chi connectivity index (χ0n) is 20.9. The van der Waals surface area contributed by atoms with Gasteiger partial charge in [-0.1, -0.05) is 38.1 Å². The van der Waals surface area contributed by atoms with E-state index in [1.807, 2.05) is 70.0 Å². The normalized spacial score (nSPS) is 16.4. The number of amides is 2. The summed E-state index contributed by atoms with van der Waals surface area (Å²) < 4.78 is 2.05. The fraction of sp³-hybridized carbons (Fsp3) is 0.429. The van der Waals surface area contributed by atoms with Crippen molar-refractivity contribution in [2.24, 2.45) is 11.8 Å². The molecule has 7 heteroatoms. The number of carbonyl (C=O) groups is 2. The van der Waals surface area contributed by atoms with Crippen LogP contribution < -0.4 is 0 Å². The third kappa shape index (κ3) is 6.35. The molecule has 1 fully saturated rings. The lowest BCUT2D eigenvalue weighted by Gasteiger charge is -2.25. The summed E-state index contributed by atoms with van der Waals surface area (Å²) in [7, 11) is 0. The molecule has 0 saturated carbocycles. The van der Waals surface area contributed by atoms with Crippen molar-refractivity contribution in [3.05, 3.63) is 83.7 Å². The second-order valence-corrected chi connectivity index (χ2v) is 9.84. The topological polar surface area (TPSA) is 71.3 Å². The summed E-state index contributed by atoms with van der Waals surface area (Å²) in [4.78, 5) is 39.5. The summed E-state index contributed by atoms with van der Waals surface area (Å²) in [6, 6.07) is 13.7. The number of aryl methyl sites for hydroxylation is 1. The van der Waals surface area contributed by atoms with Gasteiger partial charge in [-0.3, -0.25) is 14.6 Å². The molecule has 2 amide bonds. The average Bonchev–Trinajstić information content (AvgIpc) is 3.12. The van der Waals surface area contributed by atoms with E-state index in [9.17, 15) is 9.59 Å². The molecule has 0 spiro atoms. The van der Waals surface area contributed by atoms with E-state index in [1.54, 1.807) is 12.4 Å². The molecule has 3 aromatic rings. The molecule has 0 N–H and O–H groups in total. The number of benzene rings is 1. The highest BCUT2D eigenvalue weighted by Gasteiger charge is 2.30. The largest absolute Gasteiger partial charge is 0.341 e. The second kappa shape index (κ2) is 11.3. The number of pyridine rings is 1. The van der Waals surface area contributed by atoms with E-state index in [4.69, 9.17) is 0 Å². The lowest BCUT2D eigenvalue weighted by atomic mass is 10.00. The number of hydrogen-bond acceptors (Lipinski definition) is 4. The number of imidazole rings is 1. The molecule has 0 aliphatic carbocycles. The molecule has 4 rings (SSSR count). The van der Waals surface area contributed by atoms with Gasteiger partial charge < -0.3 is 14.4 Å². The van der Waals surface area contributed by atoms with Crippen molar-refractivity contribution in [2.75, 3.05) is 26.2 Å². The smallest absolute Gasteiger partial charge is 0.254 e. The molecule has 35 heavy (non-hydrogen) atoms. The van der Waals surface area contributed by atoms with Gasteiger partial charge in [0.25, 0.3) is 5.91 Å². The van der Waals surface area contributed by atoms with Gasteiger partial charge in [0.1, 0.15) is 5.82 Å². The highest BCUT2D eigenvalue weighted by molar-refractivity contribution is 5.95. The van der Waals surface area contributed by atoms with Gasteiger partial charge >= 0.3 is 0 Å². The second-order valence-electron chi connectivity index (χ2n) is 9.84. The Balaban J connectivity index is 1.57. The highest BCUT2D eigenvalue weighted by atomic mass is 16.2. The van der Waals surface area contributed by atoms with E-state index in [0.717, 1.165) is 23.5 Å². The molecule has 184 valence electrons. The Morgan fingerprint density at radius 3 is 2.43 bits per heavy atom. The molecule has 0 radical (unpaired) electrons. The molecule has 3 heterocycles. The Hall–Kier alpha value is -3.48. The van der Waals surface area contributed by atoms with Crippen LogP contribution in [0.4, 0.5) is 0 Å². The molecule has 0 unspecified atom stereocenters. The zero-order valence-corrected chi connectivity index (χ0v) is 20.9. The van der Waals surface area contributed by atoms with Crippen molar-refractivity contribution in [3.63, 3.8) is 0 Å². The molecule has 1 aliphatic rings. The van der Waals surface area contributed by atoms with E-state index in [0.29, 0.717) is 50.6 Å². The first-order chi connectivity index (χ1) is 16.9. The van der Waals surface area contributed by atoms with Gasteiger partial charge in [-0.25, -0.2) is 4.98 Å². The first kappa shape index (κ1) is 24.6. The monoisotopic (exact) mass is 473 g/mol. The maximum absolute atomic E-state index is 13.8. The minimum absolute atomic E-state index is 0.0162. The summed E-state index contributed by atoms with van der Waals surface area (Å²) >= 11 is 0. The number of nitrogens with zero attached hydrogens (tertiary/aromatic N) is 5. The van der Waals surface area contributed by atoms with Crippen LogP contribution in [0.15, 0.2) is 61.1 Å². The van der Waals surface area contributed by atoms with E-state index in [-0.39, 0.29) is 17.7 Å². The van der Waals surface area contributed by atoms with Crippen LogP contribution in [-0.4, -0.2) is 62.3 Å². The molecule has 7 nitrogen and oxygen atoms in total. The molecule has 1 atom stereocenters. The molecule has 0 bridgehead atoms. The van der Waals surface area contributed by atoms with Crippen molar-refractivity contribution < 1.29 is 9.59 Å². The van der Waals surface area contributed by atoms with Crippen molar-refractivity contribution in [3.8, 4) is 0 Å². The fourth-order valence-corrected chi connectivity index (χ4v) is 4.73. The van der Waals surface area contributed by atoms with Crippen LogP contribution in [0.3, 0.4) is 0 Å². The molecule has 1 aliphatic heterocycles.